The Balaban J connectivity index is 2.65. The van der Waals surface area contributed by atoms with Crippen LogP contribution in [0.5, 0.6) is 0 Å². The largest absolute Gasteiger partial charge is 0.369 e. The quantitative estimate of drug-likeness (QED) is 0.381. The number of urea groups is 1. The summed E-state index contributed by atoms with van der Waals surface area (Å²) in [4.78, 5) is 31.7. The molecule has 0 aliphatic carbocycles. The second-order valence-electron chi connectivity index (χ2n) is 2.15. The summed E-state index contributed by atoms with van der Waals surface area (Å²) in [7, 11) is 0. The molecular formula is C5H7N3O3. The average molecular weight is 157 g/mol. The number of hydrogen-bond donors (Lipinski definition) is 3. The molecular weight excluding hydrogens is 150 g/mol. The van der Waals surface area contributed by atoms with Crippen molar-refractivity contribution in [3.8, 4) is 0 Å². The number of amides is 4. The number of nitrogens with two attached hydrogens (primary N) is 1. The summed E-state index contributed by atoms with van der Waals surface area (Å²) < 4.78 is 0. The lowest BCUT2D eigenvalue weighted by Crippen LogP contribution is -2.55. The van der Waals surface area contributed by atoms with Gasteiger partial charge in [-0.05, 0) is 0 Å². The molecule has 6 nitrogen and oxygen atoms in total. The van der Waals surface area contributed by atoms with Crippen LogP contribution in [0, 0.1) is 5.92 Å². The molecule has 60 valence electrons. The van der Waals surface area contributed by atoms with E-state index in [4.69, 9.17) is 5.73 Å². The zero-order valence-corrected chi connectivity index (χ0v) is 5.59. The number of hydrogen-bond acceptors (Lipinski definition) is 3. The van der Waals surface area contributed by atoms with Gasteiger partial charge < -0.3 is 11.1 Å². The molecule has 4 N–H and O–H groups in total. The molecule has 1 aliphatic heterocycles. The van der Waals surface area contributed by atoms with Crippen LogP contribution in [0.25, 0.3) is 0 Å². The number of imide groups is 1. The first-order chi connectivity index (χ1) is 5.11. The Bertz CT molecular complexity index is 225. The molecule has 0 bridgehead atoms. The summed E-state index contributed by atoms with van der Waals surface area (Å²) in [6.45, 7) is -0.0139. The molecule has 1 rings (SSSR count). The van der Waals surface area contributed by atoms with Crippen LogP contribution >= 0.6 is 0 Å². The number of carbonyl (C=O) groups is 3. The van der Waals surface area contributed by atoms with Crippen LogP contribution < -0.4 is 16.4 Å². The number of nitrogens with one attached hydrogen (secondary N) is 2. The van der Waals surface area contributed by atoms with E-state index in [1.54, 1.807) is 0 Å². The topological polar surface area (TPSA) is 101 Å². The number of primary amides is 1. The van der Waals surface area contributed by atoms with E-state index in [0.29, 0.717) is 0 Å². The van der Waals surface area contributed by atoms with Gasteiger partial charge in [0.05, 0.1) is 0 Å². The van der Waals surface area contributed by atoms with Gasteiger partial charge in [-0.3, -0.25) is 14.9 Å². The fourth-order valence-corrected chi connectivity index (χ4v) is 0.760. The van der Waals surface area contributed by atoms with Crippen molar-refractivity contribution in [1.82, 2.24) is 10.6 Å². The zero-order valence-electron chi connectivity index (χ0n) is 5.59. The van der Waals surface area contributed by atoms with Crippen LogP contribution in [0.4, 0.5) is 4.79 Å². The predicted molar refractivity (Wildman–Crippen MR) is 34.2 cm³/mol. The van der Waals surface area contributed by atoms with Crippen molar-refractivity contribution in [3.05, 3.63) is 0 Å². The van der Waals surface area contributed by atoms with Gasteiger partial charge >= 0.3 is 6.03 Å². The number of rotatable bonds is 1. The summed E-state index contributed by atoms with van der Waals surface area (Å²) in [5.74, 6) is -2.31. The van der Waals surface area contributed by atoms with Gasteiger partial charge in [-0.25, -0.2) is 4.79 Å². The summed E-state index contributed by atoms with van der Waals surface area (Å²) in [5, 5.41) is 4.19. The maximum atomic E-state index is 10.8. The lowest BCUT2D eigenvalue weighted by atomic mass is 10.1. The molecule has 0 saturated carbocycles. The second-order valence-corrected chi connectivity index (χ2v) is 2.15. The predicted octanol–water partition coefficient (Wildman–Crippen LogP) is -2.07. The molecule has 1 unspecified atom stereocenters. The SMILES string of the molecule is NC(=O)C1CNC(=O)NC1=O. The van der Waals surface area contributed by atoms with Crippen LogP contribution in [0.15, 0.2) is 0 Å². The lowest BCUT2D eigenvalue weighted by molar-refractivity contribution is -0.133. The molecule has 4 amide bonds. The van der Waals surface area contributed by atoms with Crippen LogP contribution in [0.3, 0.4) is 0 Å². The van der Waals surface area contributed by atoms with Gasteiger partial charge in [0.2, 0.25) is 11.8 Å². The molecule has 0 spiro atoms. The Morgan fingerprint density at radius 2 is 2.18 bits per heavy atom. The van der Waals surface area contributed by atoms with Crippen LogP contribution in [0.2, 0.25) is 0 Å². The highest BCUT2D eigenvalue weighted by Gasteiger charge is 2.30. The first-order valence-corrected chi connectivity index (χ1v) is 2.99. The molecule has 0 aromatic heterocycles. The van der Waals surface area contributed by atoms with Gasteiger partial charge in [-0.2, -0.15) is 0 Å². The number of carbonyl (C=O) groups excluding carboxylic acids is 3. The van der Waals surface area contributed by atoms with Crippen LogP contribution in [-0.4, -0.2) is 24.4 Å². The zero-order chi connectivity index (χ0) is 8.43. The van der Waals surface area contributed by atoms with E-state index >= 15 is 0 Å². The molecule has 1 fully saturated rings. The van der Waals surface area contributed by atoms with Crippen LogP contribution in [0.1, 0.15) is 0 Å². The van der Waals surface area contributed by atoms with E-state index < -0.39 is 23.8 Å². The van der Waals surface area contributed by atoms with Crippen molar-refractivity contribution in [3.63, 3.8) is 0 Å². The molecule has 1 aliphatic rings. The van der Waals surface area contributed by atoms with E-state index in [0.717, 1.165) is 0 Å². The molecule has 6 heteroatoms. The fourth-order valence-electron chi connectivity index (χ4n) is 0.760. The maximum absolute atomic E-state index is 10.8. The molecule has 0 radical (unpaired) electrons. The average Bonchev–Trinajstić information content (AvgIpc) is 1.85. The van der Waals surface area contributed by atoms with E-state index in [2.05, 4.69) is 5.32 Å². The minimum absolute atomic E-state index is 0.0139. The van der Waals surface area contributed by atoms with Gasteiger partial charge in [0.15, 0.2) is 0 Å². The Morgan fingerprint density at radius 1 is 1.55 bits per heavy atom. The first-order valence-electron chi connectivity index (χ1n) is 2.99. The highest BCUT2D eigenvalue weighted by atomic mass is 16.2. The third kappa shape index (κ3) is 1.46. The van der Waals surface area contributed by atoms with Crippen molar-refractivity contribution in [2.75, 3.05) is 6.54 Å². The van der Waals surface area contributed by atoms with Gasteiger partial charge in [0, 0.05) is 6.54 Å². The van der Waals surface area contributed by atoms with Crippen molar-refractivity contribution in [2.45, 2.75) is 0 Å². The standard InChI is InChI=1S/C5H7N3O3/c6-3(9)2-1-7-5(11)8-4(2)10/h2H,1H2,(H2,6,9)(H2,7,8,10,11). The molecule has 1 atom stereocenters. The minimum atomic E-state index is -0.937. The highest BCUT2D eigenvalue weighted by Crippen LogP contribution is 1.97. The van der Waals surface area contributed by atoms with Crippen molar-refractivity contribution in [2.24, 2.45) is 11.7 Å². The summed E-state index contributed by atoms with van der Waals surface area (Å²) >= 11 is 0. The fraction of sp³-hybridized carbons (Fsp3) is 0.400. The van der Waals surface area contributed by atoms with E-state index in [-0.39, 0.29) is 6.54 Å². The molecule has 1 heterocycles. The molecule has 0 aromatic rings. The molecule has 0 aromatic carbocycles. The Hall–Kier alpha value is -1.59. The van der Waals surface area contributed by atoms with Crippen molar-refractivity contribution < 1.29 is 14.4 Å². The summed E-state index contributed by atoms with van der Waals surface area (Å²) in [6, 6.07) is -0.590. The summed E-state index contributed by atoms with van der Waals surface area (Å²) in [5.41, 5.74) is 4.85. The van der Waals surface area contributed by atoms with Gasteiger partial charge in [-0.1, -0.05) is 0 Å². The molecule has 11 heavy (non-hydrogen) atoms. The normalized spacial score (nSPS) is 23.8. The van der Waals surface area contributed by atoms with Gasteiger partial charge in [0.1, 0.15) is 5.92 Å². The minimum Gasteiger partial charge on any atom is -0.369 e. The monoisotopic (exact) mass is 157 g/mol. The van der Waals surface area contributed by atoms with Crippen LogP contribution in [-0.2, 0) is 9.59 Å². The van der Waals surface area contributed by atoms with Crippen molar-refractivity contribution >= 4 is 17.8 Å². The Morgan fingerprint density at radius 3 is 2.64 bits per heavy atom. The van der Waals surface area contributed by atoms with Gasteiger partial charge in [0.25, 0.3) is 0 Å². The van der Waals surface area contributed by atoms with Crippen molar-refractivity contribution in [1.29, 1.82) is 0 Å². The smallest absolute Gasteiger partial charge is 0.321 e. The van der Waals surface area contributed by atoms with E-state index in [1.165, 1.54) is 0 Å². The third-order valence-corrected chi connectivity index (χ3v) is 1.36. The highest BCUT2D eigenvalue weighted by molar-refractivity contribution is 6.08. The molecule has 1 saturated heterocycles. The van der Waals surface area contributed by atoms with Gasteiger partial charge in [-0.15, -0.1) is 0 Å². The van der Waals surface area contributed by atoms with E-state index in [1.807, 2.05) is 5.32 Å². The Kier molecular flexibility index (Phi) is 1.75. The third-order valence-electron chi connectivity index (χ3n) is 1.36. The Labute approximate surface area is 62.1 Å². The summed E-state index contributed by atoms with van der Waals surface area (Å²) in [6.07, 6.45) is 0. The maximum Gasteiger partial charge on any atom is 0.321 e. The lowest BCUT2D eigenvalue weighted by Gasteiger charge is -2.18. The van der Waals surface area contributed by atoms with E-state index in [9.17, 15) is 14.4 Å². The second kappa shape index (κ2) is 2.57. The first kappa shape index (κ1) is 7.52.